The van der Waals surface area contributed by atoms with E-state index in [4.69, 9.17) is 5.11 Å². The molecule has 8 heteroatoms. The first kappa shape index (κ1) is 12.4. The van der Waals surface area contributed by atoms with Crippen molar-refractivity contribution in [3.63, 3.8) is 0 Å². The van der Waals surface area contributed by atoms with Gasteiger partial charge in [0, 0.05) is 12.4 Å². The molecule has 0 amide bonds. The summed E-state index contributed by atoms with van der Waals surface area (Å²) in [6.07, 6.45) is 5.10. The van der Waals surface area contributed by atoms with Gasteiger partial charge < -0.3 is 5.11 Å². The Morgan fingerprint density at radius 3 is 2.78 bits per heavy atom. The number of nitrogens with zero attached hydrogens (tertiary/aromatic N) is 3. The summed E-state index contributed by atoms with van der Waals surface area (Å²) in [5, 5.41) is 12.6. The summed E-state index contributed by atoms with van der Waals surface area (Å²) in [4.78, 5) is 10.7. The Kier molecular flexibility index (Phi) is 2.95. The van der Waals surface area contributed by atoms with E-state index in [-0.39, 0.29) is 12.1 Å². The molecule has 0 aliphatic rings. The molecule has 0 bridgehead atoms. The zero-order chi connectivity index (χ0) is 13.3. The summed E-state index contributed by atoms with van der Waals surface area (Å²) in [6, 6.07) is 3.25. The number of carboxylic acids is 1. The second-order valence-electron chi connectivity index (χ2n) is 3.79. The van der Waals surface area contributed by atoms with E-state index >= 15 is 0 Å². The van der Waals surface area contributed by atoms with Crippen molar-refractivity contribution in [2.45, 2.75) is 6.54 Å². The molecule has 0 atom stereocenters. The maximum Gasteiger partial charge on any atom is 0.338 e. The van der Waals surface area contributed by atoms with Crippen LogP contribution in [0.3, 0.4) is 0 Å². The molecule has 1 N–H and O–H groups in total. The lowest BCUT2D eigenvalue weighted by atomic mass is 10.4. The Balaban J connectivity index is 2.29. The van der Waals surface area contributed by atoms with Crippen LogP contribution in [-0.4, -0.2) is 39.5 Å². The van der Waals surface area contributed by atoms with Gasteiger partial charge in [0.15, 0.2) is 0 Å². The summed E-state index contributed by atoms with van der Waals surface area (Å²) in [7, 11) is -3.36. The first-order valence-corrected chi connectivity index (χ1v) is 6.85. The summed E-state index contributed by atoms with van der Waals surface area (Å²) < 4.78 is 25.4. The Bertz CT molecular complexity index is 684. The van der Waals surface area contributed by atoms with Crippen molar-refractivity contribution in [3.05, 3.63) is 42.0 Å². The molecule has 0 fully saturated rings. The molecule has 0 radical (unpaired) electrons. The van der Waals surface area contributed by atoms with Crippen LogP contribution in [0.2, 0.25) is 0 Å². The van der Waals surface area contributed by atoms with Gasteiger partial charge in [-0.15, -0.1) is 0 Å². The van der Waals surface area contributed by atoms with Crippen molar-refractivity contribution in [2.24, 2.45) is 0 Å². The van der Waals surface area contributed by atoms with Gasteiger partial charge >= 0.3 is 5.97 Å². The fourth-order valence-corrected chi connectivity index (χ4v) is 2.41. The predicted molar refractivity (Wildman–Crippen MR) is 63.0 cm³/mol. The van der Waals surface area contributed by atoms with Crippen LogP contribution in [-0.2, 0) is 16.6 Å². The van der Waals surface area contributed by atoms with Crippen molar-refractivity contribution in [3.8, 4) is 0 Å². The highest BCUT2D eigenvalue weighted by atomic mass is 32.2. The molecule has 96 valence electrons. The van der Waals surface area contributed by atoms with Crippen LogP contribution in [0.4, 0.5) is 0 Å². The molecule has 0 aliphatic carbocycles. The third kappa shape index (κ3) is 2.43. The van der Waals surface area contributed by atoms with Crippen LogP contribution < -0.4 is 0 Å². The zero-order valence-electron chi connectivity index (χ0n) is 9.52. The average Bonchev–Trinajstić information content (AvgIpc) is 2.85. The van der Waals surface area contributed by atoms with Crippen LogP contribution in [0.5, 0.6) is 0 Å². The normalized spacial score (nSPS) is 11.6. The molecule has 0 aliphatic heterocycles. The van der Waals surface area contributed by atoms with Crippen molar-refractivity contribution in [1.82, 2.24) is 13.8 Å². The third-order valence-corrected chi connectivity index (χ3v) is 3.43. The molecule has 2 aromatic heterocycles. The summed E-state index contributed by atoms with van der Waals surface area (Å²) in [5.74, 6) is -1.07. The van der Waals surface area contributed by atoms with Crippen molar-refractivity contribution >= 4 is 16.0 Å². The lowest BCUT2D eigenvalue weighted by Gasteiger charge is -2.06. The van der Waals surface area contributed by atoms with Crippen LogP contribution in [0.15, 0.2) is 30.7 Å². The van der Waals surface area contributed by atoms with Gasteiger partial charge in [-0.25, -0.2) is 17.2 Å². The van der Waals surface area contributed by atoms with Crippen molar-refractivity contribution in [2.75, 3.05) is 6.26 Å². The minimum absolute atomic E-state index is 0.0625. The van der Waals surface area contributed by atoms with Gasteiger partial charge in [0.2, 0.25) is 10.0 Å². The molecule has 2 heterocycles. The first-order chi connectivity index (χ1) is 8.38. The molecule has 7 nitrogen and oxygen atoms in total. The predicted octanol–water partition coefficient (Wildman–Crippen LogP) is 0.239. The van der Waals surface area contributed by atoms with Gasteiger partial charge in [-0.05, 0) is 12.1 Å². The van der Waals surface area contributed by atoms with Crippen LogP contribution in [0.25, 0.3) is 0 Å². The summed E-state index contributed by atoms with van der Waals surface area (Å²) in [6.45, 7) is 0.188. The van der Waals surface area contributed by atoms with E-state index in [9.17, 15) is 13.2 Å². The molecule has 18 heavy (non-hydrogen) atoms. The molecule has 0 unspecified atom stereocenters. The molecule has 0 aromatic carbocycles. The standard InChI is InChI=1S/C10H11N3O4S/c1-18(16,17)13-4-2-3-9(13)7-12-6-8(5-11-12)10(14)15/h2-6H,7H2,1H3,(H,14,15). The quantitative estimate of drug-likeness (QED) is 0.858. The number of aromatic nitrogens is 3. The first-order valence-electron chi connectivity index (χ1n) is 5.00. The Labute approximate surface area is 103 Å². The Morgan fingerprint density at radius 1 is 1.50 bits per heavy atom. The van der Waals surface area contributed by atoms with Gasteiger partial charge in [0.25, 0.3) is 0 Å². The highest BCUT2D eigenvalue weighted by Crippen LogP contribution is 2.08. The highest BCUT2D eigenvalue weighted by molar-refractivity contribution is 7.89. The van der Waals surface area contributed by atoms with Gasteiger partial charge in [0.05, 0.1) is 30.3 Å². The van der Waals surface area contributed by atoms with E-state index in [1.807, 2.05) is 0 Å². The number of aromatic carboxylic acids is 1. The second-order valence-corrected chi connectivity index (χ2v) is 5.65. The number of rotatable bonds is 4. The molecule has 0 spiro atoms. The summed E-state index contributed by atoms with van der Waals surface area (Å²) >= 11 is 0. The van der Waals surface area contributed by atoms with E-state index in [0.29, 0.717) is 5.69 Å². The maximum atomic E-state index is 11.5. The number of hydrogen-bond donors (Lipinski definition) is 1. The third-order valence-electron chi connectivity index (χ3n) is 2.35. The Morgan fingerprint density at radius 2 is 2.22 bits per heavy atom. The van der Waals surface area contributed by atoms with Crippen LogP contribution in [0.1, 0.15) is 16.1 Å². The number of hydrogen-bond acceptors (Lipinski definition) is 4. The fourth-order valence-electron chi connectivity index (χ4n) is 1.57. The van der Waals surface area contributed by atoms with Crippen molar-refractivity contribution in [1.29, 1.82) is 0 Å². The lowest BCUT2D eigenvalue weighted by Crippen LogP contribution is -2.14. The van der Waals surface area contributed by atoms with E-state index < -0.39 is 16.0 Å². The summed E-state index contributed by atoms with van der Waals surface area (Å²) in [5.41, 5.74) is 0.574. The van der Waals surface area contributed by atoms with E-state index in [1.165, 1.54) is 23.3 Å². The minimum atomic E-state index is -3.36. The van der Waals surface area contributed by atoms with E-state index in [2.05, 4.69) is 5.10 Å². The second kappa shape index (κ2) is 4.30. The van der Waals surface area contributed by atoms with Gasteiger partial charge in [-0.2, -0.15) is 5.10 Å². The van der Waals surface area contributed by atoms with Crippen LogP contribution in [0, 0.1) is 0 Å². The van der Waals surface area contributed by atoms with Crippen LogP contribution >= 0.6 is 0 Å². The SMILES string of the molecule is CS(=O)(=O)n1cccc1Cn1cc(C(=O)O)cn1. The van der Waals surface area contributed by atoms with E-state index in [1.54, 1.807) is 12.1 Å². The van der Waals surface area contributed by atoms with Gasteiger partial charge in [-0.3, -0.25) is 4.68 Å². The molecule has 2 rings (SSSR count). The molecule has 0 saturated heterocycles. The largest absolute Gasteiger partial charge is 0.478 e. The zero-order valence-corrected chi connectivity index (χ0v) is 10.3. The Hall–Kier alpha value is -2.09. The topological polar surface area (TPSA) is 94.2 Å². The lowest BCUT2D eigenvalue weighted by molar-refractivity contribution is 0.0696. The monoisotopic (exact) mass is 269 g/mol. The smallest absolute Gasteiger partial charge is 0.338 e. The number of carbonyl (C=O) groups is 1. The molecular formula is C10H11N3O4S. The van der Waals surface area contributed by atoms with E-state index in [0.717, 1.165) is 10.2 Å². The number of carboxylic acid groups (broad SMARTS) is 1. The minimum Gasteiger partial charge on any atom is -0.478 e. The maximum absolute atomic E-state index is 11.5. The van der Waals surface area contributed by atoms with Crippen molar-refractivity contribution < 1.29 is 18.3 Å². The van der Waals surface area contributed by atoms with Gasteiger partial charge in [-0.1, -0.05) is 0 Å². The molecular weight excluding hydrogens is 258 g/mol. The van der Waals surface area contributed by atoms with Gasteiger partial charge in [0.1, 0.15) is 0 Å². The molecule has 2 aromatic rings. The highest BCUT2D eigenvalue weighted by Gasteiger charge is 2.12. The average molecular weight is 269 g/mol. The fraction of sp³-hybridized carbons (Fsp3) is 0.200. The molecule has 0 saturated carbocycles.